The number of piperidine rings is 1. The van der Waals surface area contributed by atoms with Crippen molar-refractivity contribution in [3.8, 4) is 0 Å². The van der Waals surface area contributed by atoms with Gasteiger partial charge in [-0.3, -0.25) is 24.3 Å². The van der Waals surface area contributed by atoms with Gasteiger partial charge in [0.2, 0.25) is 5.91 Å². The molecule has 1 aliphatic rings. The van der Waals surface area contributed by atoms with E-state index in [9.17, 15) is 14.4 Å². The zero-order valence-electron chi connectivity index (χ0n) is 12.3. The van der Waals surface area contributed by atoms with Gasteiger partial charge in [-0.1, -0.05) is 0 Å². The topological polar surface area (TPSA) is 107 Å². The third-order valence-corrected chi connectivity index (χ3v) is 4.13. The predicted octanol–water partition coefficient (Wildman–Crippen LogP) is 0.439. The van der Waals surface area contributed by atoms with E-state index in [1.54, 1.807) is 32.0 Å². The molecule has 2 heterocycles. The van der Waals surface area contributed by atoms with Crippen LogP contribution in [0.2, 0.25) is 0 Å². The second-order valence-corrected chi connectivity index (χ2v) is 5.73. The van der Waals surface area contributed by atoms with Crippen molar-refractivity contribution >= 4 is 28.4 Å². The highest BCUT2D eigenvalue weighted by molar-refractivity contribution is 6.01. The summed E-state index contributed by atoms with van der Waals surface area (Å²) in [7, 11) is 0. The van der Waals surface area contributed by atoms with Crippen LogP contribution in [0.15, 0.2) is 23.0 Å². The highest BCUT2D eigenvalue weighted by atomic mass is 16.2. The van der Waals surface area contributed by atoms with Crippen LogP contribution >= 0.6 is 0 Å². The average molecular weight is 300 g/mol. The number of nitrogen functional groups attached to an aromatic ring is 1. The molecule has 2 amide bonds. The highest BCUT2D eigenvalue weighted by Gasteiger charge is 2.42. The molecule has 114 valence electrons. The van der Waals surface area contributed by atoms with E-state index in [1.165, 1.54) is 4.57 Å². The Balaban J connectivity index is 2.29. The lowest BCUT2D eigenvalue weighted by molar-refractivity contribution is -0.140. The predicted molar refractivity (Wildman–Crippen MR) is 81.2 cm³/mol. The summed E-state index contributed by atoms with van der Waals surface area (Å²) in [5.41, 5.74) is 5.25. The molecule has 3 N–H and O–H groups in total. The number of carbonyl (C=O) groups excluding carboxylic acids is 2. The van der Waals surface area contributed by atoms with Gasteiger partial charge in [-0.05, 0) is 38.5 Å². The molecule has 7 nitrogen and oxygen atoms in total. The minimum Gasteiger partial charge on any atom is -0.399 e. The summed E-state index contributed by atoms with van der Waals surface area (Å²) in [6, 6.07) is 4.90. The number of amides is 2. The van der Waals surface area contributed by atoms with E-state index < -0.39 is 11.4 Å². The first-order valence-electron chi connectivity index (χ1n) is 6.96. The van der Waals surface area contributed by atoms with Crippen LogP contribution in [0.4, 0.5) is 5.69 Å². The normalized spacial score (nSPS) is 21.9. The number of fused-ring (bicyclic) bond motifs is 1. The summed E-state index contributed by atoms with van der Waals surface area (Å²) in [6.45, 7) is 3.31. The Morgan fingerprint density at radius 2 is 2.05 bits per heavy atom. The first-order chi connectivity index (χ1) is 10.3. The number of imide groups is 1. The van der Waals surface area contributed by atoms with Crippen molar-refractivity contribution in [2.24, 2.45) is 0 Å². The number of rotatable bonds is 1. The zero-order chi connectivity index (χ0) is 16.1. The highest BCUT2D eigenvalue weighted by Crippen LogP contribution is 2.26. The van der Waals surface area contributed by atoms with Crippen molar-refractivity contribution in [3.05, 3.63) is 34.4 Å². The first-order valence-corrected chi connectivity index (χ1v) is 6.96. The van der Waals surface area contributed by atoms with Crippen LogP contribution in [0.25, 0.3) is 10.9 Å². The average Bonchev–Trinajstić information content (AvgIpc) is 2.45. The van der Waals surface area contributed by atoms with Crippen LogP contribution in [0.3, 0.4) is 0 Å². The molecule has 3 rings (SSSR count). The van der Waals surface area contributed by atoms with Gasteiger partial charge in [0, 0.05) is 12.1 Å². The fourth-order valence-electron chi connectivity index (χ4n) is 2.90. The molecular formula is C15H16N4O3. The van der Waals surface area contributed by atoms with E-state index in [0.717, 1.165) is 0 Å². The number of nitrogens with zero attached hydrogens (tertiary/aromatic N) is 2. The lowest BCUT2D eigenvalue weighted by atomic mass is 9.90. The monoisotopic (exact) mass is 300 g/mol. The van der Waals surface area contributed by atoms with Gasteiger partial charge in [0.05, 0.1) is 10.9 Å². The molecule has 1 saturated heterocycles. The van der Waals surface area contributed by atoms with Crippen LogP contribution in [0.5, 0.6) is 0 Å². The summed E-state index contributed by atoms with van der Waals surface area (Å²) < 4.78 is 1.36. The summed E-state index contributed by atoms with van der Waals surface area (Å²) in [5.74, 6) is -0.389. The summed E-state index contributed by atoms with van der Waals surface area (Å²) in [5, 5.41) is 2.65. The van der Waals surface area contributed by atoms with Crippen molar-refractivity contribution in [1.82, 2.24) is 14.9 Å². The van der Waals surface area contributed by atoms with Gasteiger partial charge in [-0.25, -0.2) is 4.98 Å². The molecule has 1 aromatic carbocycles. The summed E-state index contributed by atoms with van der Waals surface area (Å²) >= 11 is 0. The molecule has 1 aromatic heterocycles. The van der Waals surface area contributed by atoms with E-state index in [-0.39, 0.29) is 24.3 Å². The maximum absolute atomic E-state index is 12.8. The Morgan fingerprint density at radius 1 is 1.32 bits per heavy atom. The molecule has 1 atom stereocenters. The fourth-order valence-corrected chi connectivity index (χ4v) is 2.90. The van der Waals surface area contributed by atoms with Crippen LogP contribution in [0, 0.1) is 6.92 Å². The van der Waals surface area contributed by atoms with Crippen molar-refractivity contribution in [1.29, 1.82) is 0 Å². The van der Waals surface area contributed by atoms with Crippen LogP contribution in [-0.2, 0) is 15.1 Å². The zero-order valence-corrected chi connectivity index (χ0v) is 12.3. The number of hydrogen-bond acceptors (Lipinski definition) is 5. The molecule has 0 unspecified atom stereocenters. The van der Waals surface area contributed by atoms with Crippen LogP contribution in [-0.4, -0.2) is 21.4 Å². The molecule has 0 aliphatic carbocycles. The van der Waals surface area contributed by atoms with Crippen molar-refractivity contribution in [2.75, 3.05) is 5.73 Å². The van der Waals surface area contributed by atoms with E-state index in [4.69, 9.17) is 5.73 Å². The van der Waals surface area contributed by atoms with Crippen LogP contribution < -0.4 is 16.6 Å². The third kappa shape index (κ3) is 1.97. The van der Waals surface area contributed by atoms with Crippen molar-refractivity contribution < 1.29 is 9.59 Å². The summed E-state index contributed by atoms with van der Waals surface area (Å²) in [6.07, 6.45) is 0.441. The number of benzene rings is 1. The van der Waals surface area contributed by atoms with Gasteiger partial charge in [0.1, 0.15) is 11.4 Å². The molecule has 0 saturated carbocycles. The Hall–Kier alpha value is -2.70. The van der Waals surface area contributed by atoms with E-state index in [2.05, 4.69) is 10.3 Å². The van der Waals surface area contributed by atoms with Gasteiger partial charge in [-0.2, -0.15) is 0 Å². The minimum absolute atomic E-state index is 0.184. The number of nitrogens with two attached hydrogens (primary N) is 1. The second-order valence-electron chi connectivity index (χ2n) is 5.73. The quantitative estimate of drug-likeness (QED) is 0.587. The second kappa shape index (κ2) is 4.66. The van der Waals surface area contributed by atoms with Crippen LogP contribution in [0.1, 0.15) is 25.6 Å². The first kappa shape index (κ1) is 14.2. The molecule has 7 heteroatoms. The minimum atomic E-state index is -1.14. The number of nitrogens with one attached hydrogen (secondary N) is 1. The van der Waals surface area contributed by atoms with Crippen molar-refractivity contribution in [2.45, 2.75) is 32.2 Å². The van der Waals surface area contributed by atoms with Gasteiger partial charge in [0.15, 0.2) is 0 Å². The largest absolute Gasteiger partial charge is 0.399 e. The number of hydrogen-bond donors (Lipinski definition) is 2. The third-order valence-electron chi connectivity index (χ3n) is 4.13. The van der Waals surface area contributed by atoms with E-state index in [1.807, 2.05) is 0 Å². The lowest BCUT2D eigenvalue weighted by Gasteiger charge is -2.34. The van der Waals surface area contributed by atoms with Gasteiger partial charge >= 0.3 is 0 Å². The molecule has 2 aromatic rings. The van der Waals surface area contributed by atoms with Gasteiger partial charge in [0.25, 0.3) is 11.5 Å². The lowest BCUT2D eigenvalue weighted by Crippen LogP contribution is -2.56. The number of aryl methyl sites for hydroxylation is 1. The Labute approximate surface area is 126 Å². The fraction of sp³-hybridized carbons (Fsp3) is 0.333. The van der Waals surface area contributed by atoms with Crippen molar-refractivity contribution in [3.63, 3.8) is 0 Å². The Kier molecular flexibility index (Phi) is 3.01. The molecule has 22 heavy (non-hydrogen) atoms. The Morgan fingerprint density at radius 3 is 2.73 bits per heavy atom. The van der Waals surface area contributed by atoms with Gasteiger partial charge < -0.3 is 5.73 Å². The van der Waals surface area contributed by atoms with E-state index >= 15 is 0 Å². The SMILES string of the molecule is Cc1nc2ccc(N)cc2c(=O)n1[C@]1(C)CCC(=O)NC1=O. The number of carbonyl (C=O) groups is 2. The molecule has 1 aliphatic heterocycles. The smallest absolute Gasteiger partial charge is 0.262 e. The molecule has 0 radical (unpaired) electrons. The molecule has 0 bridgehead atoms. The Bertz CT molecular complexity index is 871. The number of anilines is 1. The maximum atomic E-state index is 12.8. The standard InChI is InChI=1S/C15H16N4O3/c1-8-17-11-4-3-9(16)7-10(11)13(21)19(8)15(2)6-5-12(20)18-14(15)22/h3-4,7H,5-6,16H2,1-2H3,(H,18,20,22)/t15-/m1/s1. The molecule has 0 spiro atoms. The maximum Gasteiger partial charge on any atom is 0.262 e. The molecular weight excluding hydrogens is 284 g/mol. The summed E-state index contributed by atoms with van der Waals surface area (Å²) in [4.78, 5) is 40.9. The van der Waals surface area contributed by atoms with Gasteiger partial charge in [-0.15, -0.1) is 0 Å². The number of aromatic nitrogens is 2. The van der Waals surface area contributed by atoms with E-state index in [0.29, 0.717) is 22.4 Å². The molecule has 1 fully saturated rings.